The van der Waals surface area contributed by atoms with Crippen LogP contribution < -0.4 is 10.7 Å². The molecule has 0 saturated heterocycles. The summed E-state index contributed by atoms with van der Waals surface area (Å²) in [5.74, 6) is 0. The Morgan fingerprint density at radius 1 is 1.00 bits per heavy atom. The zero-order valence-corrected chi connectivity index (χ0v) is 19.9. The number of benzene rings is 3. The molecular formula is C26H19BrClN5. The molecule has 0 bridgehead atoms. The number of pyridine rings is 1. The molecule has 2 heterocycles. The van der Waals surface area contributed by atoms with E-state index in [1.165, 1.54) is 0 Å². The Bertz CT molecular complexity index is 1520. The van der Waals surface area contributed by atoms with Crippen molar-refractivity contribution in [1.82, 2.24) is 14.5 Å². The van der Waals surface area contributed by atoms with Gasteiger partial charge >= 0.3 is 0 Å². The van der Waals surface area contributed by atoms with Gasteiger partial charge in [0.15, 0.2) is 0 Å². The number of hydrogen-bond donors (Lipinski definition) is 1. The quantitative estimate of drug-likeness (QED) is 0.269. The van der Waals surface area contributed by atoms with E-state index in [-0.39, 0.29) is 0 Å². The highest BCUT2D eigenvalue weighted by Gasteiger charge is 2.22. The van der Waals surface area contributed by atoms with Crippen LogP contribution >= 0.6 is 27.5 Å². The number of halogens is 2. The van der Waals surface area contributed by atoms with Crippen LogP contribution in [-0.4, -0.2) is 20.6 Å². The fraction of sp³-hybridized carbons (Fsp3) is 0.115. The Kier molecular flexibility index (Phi) is 5.12. The number of anilines is 2. The monoisotopic (exact) mass is 515 g/mol. The fourth-order valence-electron chi connectivity index (χ4n) is 3.95. The van der Waals surface area contributed by atoms with Crippen molar-refractivity contribution in [3.63, 3.8) is 0 Å². The molecule has 0 radical (unpaired) electrons. The summed E-state index contributed by atoms with van der Waals surface area (Å²) < 4.78 is 3.14. The number of aromatic nitrogens is 3. The highest BCUT2D eigenvalue weighted by atomic mass is 79.9. The van der Waals surface area contributed by atoms with Gasteiger partial charge in [-0.25, -0.2) is 4.98 Å². The van der Waals surface area contributed by atoms with Gasteiger partial charge in [0.25, 0.3) is 0 Å². The summed E-state index contributed by atoms with van der Waals surface area (Å²) in [5.41, 5.74) is 6.65. The van der Waals surface area contributed by atoms with Gasteiger partial charge in [0, 0.05) is 21.4 Å². The minimum Gasteiger partial charge on any atom is -0.352 e. The van der Waals surface area contributed by atoms with Crippen LogP contribution in [0.2, 0.25) is 5.02 Å². The maximum absolute atomic E-state index is 6.18. The molecule has 1 aromatic heterocycles. The molecule has 0 amide bonds. The molecule has 7 heteroatoms. The lowest BCUT2D eigenvalue weighted by molar-refractivity contribution is 0.997. The molecule has 33 heavy (non-hydrogen) atoms. The number of para-hydroxylation sites is 2. The van der Waals surface area contributed by atoms with Crippen molar-refractivity contribution in [2.75, 3.05) is 5.32 Å². The number of fused-ring (bicyclic) bond motifs is 2. The van der Waals surface area contributed by atoms with Gasteiger partial charge in [-0.2, -0.15) is 0 Å². The molecule has 0 atom stereocenters. The Balaban J connectivity index is 1.63. The average molecular weight is 517 g/mol. The lowest BCUT2D eigenvalue weighted by atomic mass is 10.1. The lowest BCUT2D eigenvalue weighted by Gasteiger charge is -2.20. The summed E-state index contributed by atoms with van der Waals surface area (Å²) in [4.78, 5) is 14.3. The number of rotatable bonds is 4. The van der Waals surface area contributed by atoms with E-state index in [1.807, 2.05) is 48.5 Å². The normalized spacial score (nSPS) is 14.2. The molecule has 0 spiro atoms. The van der Waals surface area contributed by atoms with Crippen molar-refractivity contribution >= 4 is 49.9 Å². The molecular weight excluding hydrogens is 498 g/mol. The first-order valence-electron chi connectivity index (χ1n) is 10.8. The molecule has 1 N–H and O–H groups in total. The van der Waals surface area contributed by atoms with Crippen molar-refractivity contribution in [3.05, 3.63) is 94.0 Å². The molecule has 1 aliphatic heterocycles. The van der Waals surface area contributed by atoms with Gasteiger partial charge in [-0.3, -0.25) is 9.98 Å². The minimum absolute atomic E-state index is 0.376. The van der Waals surface area contributed by atoms with Crippen LogP contribution in [0.1, 0.15) is 12.8 Å². The van der Waals surface area contributed by atoms with Crippen LogP contribution in [0.15, 0.2) is 88.6 Å². The van der Waals surface area contributed by atoms with Crippen molar-refractivity contribution in [2.45, 2.75) is 18.9 Å². The largest absolute Gasteiger partial charge is 0.352 e. The fourth-order valence-corrected chi connectivity index (χ4v) is 4.44. The van der Waals surface area contributed by atoms with E-state index < -0.39 is 0 Å². The number of nitrogens with one attached hydrogen (secondary N) is 1. The van der Waals surface area contributed by atoms with Crippen LogP contribution in [-0.2, 0) is 0 Å². The third kappa shape index (κ3) is 4.12. The topological polar surface area (TPSA) is 55.1 Å². The smallest absolute Gasteiger partial charge is 0.0900 e. The van der Waals surface area contributed by atoms with Crippen LogP contribution in [0.5, 0.6) is 0 Å². The predicted octanol–water partition coefficient (Wildman–Crippen LogP) is 6.75. The molecule has 1 saturated carbocycles. The second-order valence-electron chi connectivity index (χ2n) is 8.15. The van der Waals surface area contributed by atoms with Crippen LogP contribution in [0.4, 0.5) is 11.4 Å². The molecule has 3 aromatic rings. The van der Waals surface area contributed by atoms with Gasteiger partial charge in [-0.15, -0.1) is 0 Å². The van der Waals surface area contributed by atoms with Gasteiger partial charge in [0.1, 0.15) is 0 Å². The Labute approximate surface area is 204 Å². The molecule has 3 aliphatic rings. The molecule has 2 aromatic carbocycles. The number of nitrogens with zero attached hydrogens (tertiary/aromatic N) is 4. The first kappa shape index (κ1) is 20.4. The molecule has 5 nitrogen and oxygen atoms in total. The van der Waals surface area contributed by atoms with Gasteiger partial charge < -0.3 is 9.88 Å². The minimum atomic E-state index is 0.376. The highest BCUT2D eigenvalue weighted by Crippen LogP contribution is 2.31. The summed E-state index contributed by atoms with van der Waals surface area (Å²) in [6.45, 7) is 0. The lowest BCUT2D eigenvalue weighted by Crippen LogP contribution is -2.15. The first-order valence-corrected chi connectivity index (χ1v) is 11.9. The second kappa shape index (κ2) is 8.28. The molecule has 1 fully saturated rings. The summed E-state index contributed by atoms with van der Waals surface area (Å²) in [7, 11) is 0. The summed E-state index contributed by atoms with van der Waals surface area (Å²) in [6.07, 6.45) is 5.83. The van der Waals surface area contributed by atoms with Gasteiger partial charge in [0.05, 0.1) is 51.4 Å². The maximum Gasteiger partial charge on any atom is 0.0900 e. The Hall–Kier alpha value is -3.22. The highest BCUT2D eigenvalue weighted by molar-refractivity contribution is 9.10. The van der Waals surface area contributed by atoms with E-state index in [9.17, 15) is 0 Å². The third-order valence-electron chi connectivity index (χ3n) is 5.63. The van der Waals surface area contributed by atoms with Crippen molar-refractivity contribution in [3.8, 4) is 17.1 Å². The third-order valence-corrected chi connectivity index (χ3v) is 6.32. The van der Waals surface area contributed by atoms with Crippen LogP contribution in [0, 0.1) is 0 Å². The van der Waals surface area contributed by atoms with E-state index in [0.717, 1.165) is 62.2 Å². The molecule has 162 valence electrons. The maximum atomic E-state index is 6.18. The van der Waals surface area contributed by atoms with Gasteiger partial charge in [-0.05, 0) is 83.4 Å². The molecule has 6 rings (SSSR count). The Morgan fingerprint density at radius 2 is 1.82 bits per heavy atom. The zero-order chi connectivity index (χ0) is 22.4. The van der Waals surface area contributed by atoms with Crippen molar-refractivity contribution in [1.29, 1.82) is 0 Å². The second-order valence-corrected chi connectivity index (χ2v) is 9.50. The summed E-state index contributed by atoms with van der Waals surface area (Å²) >= 11 is 9.68. The van der Waals surface area contributed by atoms with E-state index in [0.29, 0.717) is 11.1 Å². The molecule has 0 unspecified atom stereocenters. The van der Waals surface area contributed by atoms with Crippen molar-refractivity contribution < 1.29 is 0 Å². The average Bonchev–Trinajstić information content (AvgIpc) is 3.63. The molecule has 2 aliphatic carbocycles. The zero-order valence-electron chi connectivity index (χ0n) is 17.5. The van der Waals surface area contributed by atoms with E-state index >= 15 is 0 Å². The summed E-state index contributed by atoms with van der Waals surface area (Å²) in [5, 5.41) is 5.13. The standard InChI is InChI=1S/C26H19BrClN5/c27-16-11-19(15-29-14-16)31-22-12-24-26(13-23(22)30-18-7-8-18)33(20-9-5-17(28)6-10-20)25-4-2-1-3-21(25)32-24/h1-6,9-15,18,31H,7-8H2. The van der Waals surface area contributed by atoms with E-state index in [2.05, 4.69) is 49.0 Å². The van der Waals surface area contributed by atoms with Gasteiger partial charge in [-0.1, -0.05) is 23.7 Å². The van der Waals surface area contributed by atoms with Crippen LogP contribution in [0.3, 0.4) is 0 Å². The van der Waals surface area contributed by atoms with E-state index in [4.69, 9.17) is 21.6 Å². The first-order chi connectivity index (χ1) is 16.1. The SMILES string of the molecule is Clc1ccc(-n2c3cc(=NC4CC4)c(Nc4cncc(Br)c4)cc-3nc3ccccc32)cc1. The predicted molar refractivity (Wildman–Crippen MR) is 137 cm³/mol. The Morgan fingerprint density at radius 3 is 2.61 bits per heavy atom. The van der Waals surface area contributed by atoms with Crippen molar-refractivity contribution in [2.24, 2.45) is 4.99 Å². The number of hydrogen-bond acceptors (Lipinski definition) is 4. The summed E-state index contributed by atoms with van der Waals surface area (Å²) in [6, 6.07) is 22.7. The van der Waals surface area contributed by atoms with Crippen LogP contribution in [0.25, 0.3) is 28.1 Å². The van der Waals surface area contributed by atoms with E-state index in [1.54, 1.807) is 12.4 Å². The van der Waals surface area contributed by atoms with Gasteiger partial charge in [0.2, 0.25) is 0 Å².